The Bertz CT molecular complexity index is 3120. The van der Waals surface area contributed by atoms with Crippen LogP contribution in [-0.4, -0.2) is 19.5 Å². The smallest absolute Gasteiger partial charge is 0.237 e. The van der Waals surface area contributed by atoms with E-state index in [0.29, 0.717) is 11.6 Å². The maximum atomic E-state index is 7.21. The molecule has 3 aromatic heterocycles. The lowest BCUT2D eigenvalue weighted by Gasteiger charge is -2.39. The predicted octanol–water partition coefficient (Wildman–Crippen LogP) is 11.4. The van der Waals surface area contributed by atoms with E-state index in [0.717, 1.165) is 71.8 Å². The number of benzene rings is 7. The molecule has 1 spiro atoms. The largest absolute Gasteiger partial charge is 0.456 e. The third kappa shape index (κ3) is 3.68. The molecule has 4 heterocycles. The molecule has 1 aliphatic heterocycles. The molecule has 53 heavy (non-hydrogen) atoms. The first-order valence-corrected chi connectivity index (χ1v) is 18.0. The van der Waals surface area contributed by atoms with Crippen molar-refractivity contribution in [3.8, 4) is 39.8 Å². The highest BCUT2D eigenvalue weighted by atomic mass is 16.5. The number of hydrogen-bond acceptors (Lipinski definition) is 4. The summed E-state index contributed by atoms with van der Waals surface area (Å²) in [6.07, 6.45) is 1.80. The number of ether oxygens (including phenoxy) is 1. The number of nitrogens with zero attached hydrogens (tertiary/aromatic N) is 4. The Morgan fingerprint density at radius 3 is 1.98 bits per heavy atom. The van der Waals surface area contributed by atoms with Gasteiger partial charge in [-0.25, -0.2) is 9.97 Å². The van der Waals surface area contributed by atoms with Gasteiger partial charge < -0.3 is 4.74 Å². The van der Waals surface area contributed by atoms with Gasteiger partial charge in [-0.15, -0.1) is 0 Å². The molecule has 246 valence electrons. The summed E-state index contributed by atoms with van der Waals surface area (Å²) in [6, 6.07) is 58.1. The standard InChI is InChI=1S/C48H28N4O/c1-2-14-30(15-3-1)44-34-19-12-28-49-46(34)51-47(50-44)52-39-26-24-29-13-4-5-16-31(29)42(39)43-40(52)27-25-38-45(43)53-41-23-11-10-22-37(41)48(38)35-20-8-6-17-32(35)33-18-7-9-21-36(33)48/h1-28H. The highest BCUT2D eigenvalue weighted by molar-refractivity contribution is 6.23. The molecule has 0 saturated carbocycles. The Kier molecular flexibility index (Phi) is 5.64. The second-order valence-electron chi connectivity index (χ2n) is 13.9. The zero-order valence-corrected chi connectivity index (χ0v) is 28.4. The molecular formula is C48H28N4O. The second-order valence-corrected chi connectivity index (χ2v) is 13.9. The molecule has 7 aromatic carbocycles. The number of aromatic nitrogens is 4. The van der Waals surface area contributed by atoms with Crippen LogP contribution in [0.3, 0.4) is 0 Å². The van der Waals surface area contributed by atoms with Crippen molar-refractivity contribution in [2.24, 2.45) is 0 Å². The summed E-state index contributed by atoms with van der Waals surface area (Å²) in [5.74, 6) is 2.28. The second kappa shape index (κ2) is 10.5. The van der Waals surface area contributed by atoms with E-state index in [1.54, 1.807) is 6.20 Å². The molecule has 5 heteroatoms. The van der Waals surface area contributed by atoms with Crippen LogP contribution < -0.4 is 4.74 Å². The lowest BCUT2D eigenvalue weighted by molar-refractivity contribution is 0.442. The number of fused-ring (bicyclic) bond motifs is 16. The molecular weight excluding hydrogens is 649 g/mol. The van der Waals surface area contributed by atoms with Gasteiger partial charge in [0, 0.05) is 33.7 Å². The minimum atomic E-state index is -0.575. The molecule has 12 rings (SSSR count). The van der Waals surface area contributed by atoms with Crippen LogP contribution in [0, 0.1) is 0 Å². The van der Waals surface area contributed by atoms with Crippen molar-refractivity contribution in [3.63, 3.8) is 0 Å². The minimum Gasteiger partial charge on any atom is -0.456 e. The van der Waals surface area contributed by atoms with Gasteiger partial charge in [-0.3, -0.25) is 4.57 Å². The van der Waals surface area contributed by atoms with Crippen molar-refractivity contribution in [2.45, 2.75) is 5.41 Å². The van der Waals surface area contributed by atoms with Crippen LogP contribution in [-0.2, 0) is 5.41 Å². The van der Waals surface area contributed by atoms with Crippen LogP contribution in [0.2, 0.25) is 0 Å². The van der Waals surface area contributed by atoms with Crippen LogP contribution in [0.1, 0.15) is 22.3 Å². The molecule has 0 radical (unpaired) electrons. The van der Waals surface area contributed by atoms with Gasteiger partial charge in [0.1, 0.15) is 11.5 Å². The van der Waals surface area contributed by atoms with E-state index >= 15 is 0 Å². The maximum absolute atomic E-state index is 7.21. The topological polar surface area (TPSA) is 52.8 Å². The fraction of sp³-hybridized carbons (Fsp3) is 0.0208. The van der Waals surface area contributed by atoms with Gasteiger partial charge in [0.15, 0.2) is 5.65 Å². The Labute approximate surface area is 304 Å². The molecule has 1 aliphatic carbocycles. The molecule has 5 nitrogen and oxygen atoms in total. The van der Waals surface area contributed by atoms with Crippen molar-refractivity contribution in [3.05, 3.63) is 192 Å². The summed E-state index contributed by atoms with van der Waals surface area (Å²) in [5.41, 5.74) is 11.2. The molecule has 10 aromatic rings. The minimum absolute atomic E-state index is 0.563. The summed E-state index contributed by atoms with van der Waals surface area (Å²) in [6.45, 7) is 0. The monoisotopic (exact) mass is 676 g/mol. The van der Waals surface area contributed by atoms with Gasteiger partial charge in [-0.1, -0.05) is 133 Å². The SMILES string of the molecule is c1ccc(-c2nc(-n3c4ccc5c(c4c4c6ccccc6ccc43)Oc3ccccc3C53c4ccccc4-c4ccccc43)nc3ncccc23)cc1. The lowest BCUT2D eigenvalue weighted by Crippen LogP contribution is -2.32. The summed E-state index contributed by atoms with van der Waals surface area (Å²) >= 11 is 0. The van der Waals surface area contributed by atoms with E-state index in [-0.39, 0.29) is 0 Å². The van der Waals surface area contributed by atoms with Crippen LogP contribution in [0.4, 0.5) is 0 Å². The van der Waals surface area contributed by atoms with Crippen molar-refractivity contribution < 1.29 is 4.74 Å². The molecule has 0 saturated heterocycles. The molecule has 2 aliphatic rings. The molecule has 0 unspecified atom stereocenters. The maximum Gasteiger partial charge on any atom is 0.237 e. The fourth-order valence-corrected chi connectivity index (χ4v) is 9.26. The van der Waals surface area contributed by atoms with Crippen LogP contribution in [0.5, 0.6) is 11.5 Å². The van der Waals surface area contributed by atoms with Crippen LogP contribution >= 0.6 is 0 Å². The van der Waals surface area contributed by atoms with E-state index in [4.69, 9.17) is 19.7 Å². The first kappa shape index (κ1) is 28.6. The molecule has 0 amide bonds. The summed E-state index contributed by atoms with van der Waals surface area (Å²) in [5, 5.41) is 5.36. The predicted molar refractivity (Wildman–Crippen MR) is 212 cm³/mol. The average Bonchev–Trinajstić information content (AvgIpc) is 3.73. The van der Waals surface area contributed by atoms with E-state index in [2.05, 4.69) is 138 Å². The van der Waals surface area contributed by atoms with Gasteiger partial charge in [0.2, 0.25) is 5.95 Å². The molecule has 0 fully saturated rings. The average molecular weight is 677 g/mol. The van der Waals surface area contributed by atoms with Crippen molar-refractivity contribution >= 4 is 43.6 Å². The van der Waals surface area contributed by atoms with E-state index in [1.807, 2.05) is 30.3 Å². The van der Waals surface area contributed by atoms with Gasteiger partial charge >= 0.3 is 0 Å². The lowest BCUT2D eigenvalue weighted by atomic mass is 9.66. The Morgan fingerprint density at radius 1 is 0.491 bits per heavy atom. The fourth-order valence-electron chi connectivity index (χ4n) is 9.26. The van der Waals surface area contributed by atoms with Gasteiger partial charge in [0.25, 0.3) is 0 Å². The number of rotatable bonds is 2. The summed E-state index contributed by atoms with van der Waals surface area (Å²) in [4.78, 5) is 15.3. The quantitative estimate of drug-likeness (QED) is 0.183. The number of para-hydroxylation sites is 1. The number of hydrogen-bond donors (Lipinski definition) is 0. The zero-order chi connectivity index (χ0) is 34.7. The number of pyridine rings is 1. The van der Waals surface area contributed by atoms with Gasteiger partial charge in [-0.05, 0) is 63.4 Å². The van der Waals surface area contributed by atoms with E-state index in [9.17, 15) is 0 Å². The first-order chi connectivity index (χ1) is 26.3. The normalized spacial score (nSPS) is 13.6. The Hall–Kier alpha value is -7.11. The Morgan fingerprint density at radius 2 is 1.15 bits per heavy atom. The molecule has 0 atom stereocenters. The van der Waals surface area contributed by atoms with Crippen molar-refractivity contribution in [2.75, 3.05) is 0 Å². The molecule has 0 bridgehead atoms. The van der Waals surface area contributed by atoms with Crippen LogP contribution in [0.15, 0.2) is 170 Å². The highest BCUT2D eigenvalue weighted by Gasteiger charge is 2.51. The summed E-state index contributed by atoms with van der Waals surface area (Å²) < 4.78 is 9.41. The van der Waals surface area contributed by atoms with Gasteiger partial charge in [0.05, 0.1) is 27.5 Å². The van der Waals surface area contributed by atoms with E-state index in [1.165, 1.54) is 22.3 Å². The first-order valence-electron chi connectivity index (χ1n) is 18.0. The van der Waals surface area contributed by atoms with Crippen LogP contribution in [0.25, 0.3) is 71.9 Å². The van der Waals surface area contributed by atoms with Crippen molar-refractivity contribution in [1.82, 2.24) is 19.5 Å². The van der Waals surface area contributed by atoms with Gasteiger partial charge in [-0.2, -0.15) is 4.98 Å². The summed E-state index contributed by atoms with van der Waals surface area (Å²) in [7, 11) is 0. The Balaban J connectivity index is 1.26. The third-order valence-electron chi connectivity index (χ3n) is 11.3. The van der Waals surface area contributed by atoms with E-state index < -0.39 is 5.41 Å². The highest BCUT2D eigenvalue weighted by Crippen LogP contribution is 2.63. The third-order valence-corrected chi connectivity index (χ3v) is 11.3. The van der Waals surface area contributed by atoms with Crippen molar-refractivity contribution in [1.29, 1.82) is 0 Å². The zero-order valence-electron chi connectivity index (χ0n) is 28.4. The molecule has 0 N–H and O–H groups in total.